The molecule has 86 valence electrons. The van der Waals surface area contributed by atoms with E-state index in [1.54, 1.807) is 16.7 Å². The van der Waals surface area contributed by atoms with Gasteiger partial charge in [-0.1, -0.05) is 32.0 Å². The fraction of sp³-hybridized carbons (Fsp3) is 0.625. The van der Waals surface area contributed by atoms with Crippen molar-refractivity contribution in [3.63, 3.8) is 0 Å². The molecule has 0 spiro atoms. The van der Waals surface area contributed by atoms with Gasteiger partial charge in [-0.25, -0.2) is 0 Å². The maximum absolute atomic E-state index is 2.40. The Morgan fingerprint density at radius 1 is 1.12 bits per heavy atom. The first-order valence-electron chi connectivity index (χ1n) is 6.89. The van der Waals surface area contributed by atoms with E-state index < -0.39 is 0 Å². The number of rotatable bonds is 1. The fourth-order valence-electron chi connectivity index (χ4n) is 3.87. The number of hydrogen-bond acceptors (Lipinski definition) is 0. The molecular weight excluding hydrogens is 192 g/mol. The Hall–Kier alpha value is -0.780. The third-order valence-electron chi connectivity index (χ3n) is 4.67. The minimum atomic E-state index is 0.800. The Kier molecular flexibility index (Phi) is 2.53. The van der Waals surface area contributed by atoms with Crippen LogP contribution >= 0.6 is 0 Å². The van der Waals surface area contributed by atoms with Gasteiger partial charge in [0.25, 0.3) is 0 Å². The van der Waals surface area contributed by atoms with Gasteiger partial charge >= 0.3 is 0 Å². The van der Waals surface area contributed by atoms with Crippen LogP contribution in [0.2, 0.25) is 0 Å². The zero-order chi connectivity index (χ0) is 11.1. The molecule has 0 fully saturated rings. The van der Waals surface area contributed by atoms with Crippen LogP contribution in [-0.4, -0.2) is 0 Å². The normalized spacial score (nSPS) is 27.9. The van der Waals surface area contributed by atoms with E-state index >= 15 is 0 Å². The summed E-state index contributed by atoms with van der Waals surface area (Å²) in [6.45, 7) is 4.76. The van der Waals surface area contributed by atoms with Gasteiger partial charge in [-0.3, -0.25) is 0 Å². The molecule has 3 rings (SSSR count). The van der Waals surface area contributed by atoms with Crippen molar-refractivity contribution in [2.75, 3.05) is 0 Å². The molecule has 1 aromatic carbocycles. The summed E-state index contributed by atoms with van der Waals surface area (Å²) < 4.78 is 0. The molecular formula is C16H22. The first-order chi connectivity index (χ1) is 7.77. The monoisotopic (exact) mass is 214 g/mol. The number of aryl methyl sites for hydroxylation is 1. The van der Waals surface area contributed by atoms with E-state index in [0.717, 1.165) is 17.8 Å². The van der Waals surface area contributed by atoms with Crippen LogP contribution in [0.25, 0.3) is 0 Å². The van der Waals surface area contributed by atoms with Crippen molar-refractivity contribution in [2.45, 2.75) is 57.8 Å². The molecule has 0 heterocycles. The molecule has 0 radical (unpaired) electrons. The minimum absolute atomic E-state index is 0.800. The molecule has 2 aliphatic rings. The molecule has 0 bridgehead atoms. The quantitative estimate of drug-likeness (QED) is 0.639. The van der Waals surface area contributed by atoms with Crippen molar-refractivity contribution in [1.29, 1.82) is 0 Å². The summed E-state index contributed by atoms with van der Waals surface area (Å²) in [4.78, 5) is 0. The summed E-state index contributed by atoms with van der Waals surface area (Å²) in [5.74, 6) is 2.52. The van der Waals surface area contributed by atoms with Crippen LogP contribution in [0, 0.1) is 5.92 Å². The first kappa shape index (κ1) is 10.4. The fourth-order valence-corrected chi connectivity index (χ4v) is 3.87. The van der Waals surface area contributed by atoms with Gasteiger partial charge in [0.2, 0.25) is 0 Å². The average molecular weight is 214 g/mol. The summed E-state index contributed by atoms with van der Waals surface area (Å²) in [5.41, 5.74) is 5.13. The highest BCUT2D eigenvalue weighted by Gasteiger charge is 2.31. The molecule has 16 heavy (non-hydrogen) atoms. The molecule has 2 unspecified atom stereocenters. The molecule has 0 saturated carbocycles. The third-order valence-corrected chi connectivity index (χ3v) is 4.67. The topological polar surface area (TPSA) is 0 Å². The van der Waals surface area contributed by atoms with Gasteiger partial charge in [-0.2, -0.15) is 0 Å². The summed E-state index contributed by atoms with van der Waals surface area (Å²) in [5, 5.41) is 0. The van der Waals surface area contributed by atoms with Crippen molar-refractivity contribution >= 4 is 0 Å². The van der Waals surface area contributed by atoms with Gasteiger partial charge in [-0.05, 0) is 66.5 Å². The predicted molar refractivity (Wildman–Crippen MR) is 68.9 cm³/mol. The van der Waals surface area contributed by atoms with E-state index in [4.69, 9.17) is 0 Å². The van der Waals surface area contributed by atoms with Crippen molar-refractivity contribution in [1.82, 2.24) is 0 Å². The van der Waals surface area contributed by atoms with Crippen LogP contribution < -0.4 is 0 Å². The van der Waals surface area contributed by atoms with Crippen LogP contribution in [0.5, 0.6) is 0 Å². The molecule has 0 nitrogen and oxygen atoms in total. The van der Waals surface area contributed by atoms with E-state index in [-0.39, 0.29) is 0 Å². The van der Waals surface area contributed by atoms with Crippen molar-refractivity contribution in [2.24, 2.45) is 5.92 Å². The average Bonchev–Trinajstić information content (AvgIpc) is 2.30. The van der Waals surface area contributed by atoms with E-state index in [2.05, 4.69) is 32.0 Å². The SMILES string of the molecule is CC(C)C1CCC2CCCc3cccc1c32. The van der Waals surface area contributed by atoms with E-state index in [1.807, 2.05) is 0 Å². The van der Waals surface area contributed by atoms with E-state index in [0.29, 0.717) is 0 Å². The maximum atomic E-state index is 2.40. The number of benzene rings is 1. The van der Waals surface area contributed by atoms with Crippen LogP contribution in [0.1, 0.15) is 68.1 Å². The van der Waals surface area contributed by atoms with Gasteiger partial charge in [0.05, 0.1) is 0 Å². The van der Waals surface area contributed by atoms with E-state index in [1.165, 1.54) is 32.1 Å². The number of hydrogen-bond donors (Lipinski definition) is 0. The lowest BCUT2D eigenvalue weighted by Gasteiger charge is -2.37. The lowest BCUT2D eigenvalue weighted by atomic mass is 9.67. The van der Waals surface area contributed by atoms with Crippen molar-refractivity contribution < 1.29 is 0 Å². The van der Waals surface area contributed by atoms with E-state index in [9.17, 15) is 0 Å². The Morgan fingerprint density at radius 2 is 2.00 bits per heavy atom. The zero-order valence-corrected chi connectivity index (χ0v) is 10.5. The third kappa shape index (κ3) is 1.50. The van der Waals surface area contributed by atoms with Crippen molar-refractivity contribution in [3.8, 4) is 0 Å². The van der Waals surface area contributed by atoms with Crippen LogP contribution in [0.3, 0.4) is 0 Å². The Bertz CT molecular complexity index is 389. The Balaban J connectivity index is 2.11. The zero-order valence-electron chi connectivity index (χ0n) is 10.5. The van der Waals surface area contributed by atoms with Crippen molar-refractivity contribution in [3.05, 3.63) is 34.9 Å². The smallest absolute Gasteiger partial charge is 0.0136 e. The summed E-state index contributed by atoms with van der Waals surface area (Å²) in [6, 6.07) is 7.06. The highest BCUT2D eigenvalue weighted by atomic mass is 14.4. The van der Waals surface area contributed by atoms with Gasteiger partial charge in [0, 0.05) is 0 Å². The molecule has 2 atom stereocenters. The molecule has 0 amide bonds. The molecule has 0 N–H and O–H groups in total. The van der Waals surface area contributed by atoms with Crippen LogP contribution in [0.4, 0.5) is 0 Å². The largest absolute Gasteiger partial charge is 0.0622 e. The van der Waals surface area contributed by atoms with Gasteiger partial charge < -0.3 is 0 Å². The van der Waals surface area contributed by atoms with Crippen LogP contribution in [-0.2, 0) is 6.42 Å². The predicted octanol–water partition coefficient (Wildman–Crippen LogP) is 4.64. The maximum Gasteiger partial charge on any atom is -0.0136 e. The highest BCUT2D eigenvalue weighted by Crippen LogP contribution is 2.47. The summed E-state index contributed by atoms with van der Waals surface area (Å²) in [6.07, 6.45) is 7.03. The summed E-state index contributed by atoms with van der Waals surface area (Å²) >= 11 is 0. The molecule has 0 heteroatoms. The standard InChI is InChI=1S/C16H22/c1-11(2)14-10-9-13-6-3-5-12-7-4-8-15(14)16(12)13/h4,7-8,11,13-14H,3,5-6,9-10H2,1-2H3. The highest BCUT2D eigenvalue weighted by molar-refractivity contribution is 5.43. The van der Waals surface area contributed by atoms with Gasteiger partial charge in [0.1, 0.15) is 0 Å². The second kappa shape index (κ2) is 3.91. The Labute approximate surface area is 99.1 Å². The first-order valence-corrected chi connectivity index (χ1v) is 6.89. The summed E-state index contributed by atoms with van der Waals surface area (Å²) in [7, 11) is 0. The molecule has 0 saturated heterocycles. The van der Waals surface area contributed by atoms with Gasteiger partial charge in [-0.15, -0.1) is 0 Å². The molecule has 0 aliphatic heterocycles. The Morgan fingerprint density at radius 3 is 2.81 bits per heavy atom. The second-order valence-electron chi connectivity index (χ2n) is 5.94. The lowest BCUT2D eigenvalue weighted by molar-refractivity contribution is 0.377. The van der Waals surface area contributed by atoms with Crippen LogP contribution in [0.15, 0.2) is 18.2 Å². The molecule has 2 aliphatic carbocycles. The second-order valence-corrected chi connectivity index (χ2v) is 5.94. The lowest BCUT2D eigenvalue weighted by Crippen LogP contribution is -2.22. The minimum Gasteiger partial charge on any atom is -0.0622 e. The van der Waals surface area contributed by atoms with Gasteiger partial charge in [0.15, 0.2) is 0 Å². The molecule has 1 aromatic rings. The molecule has 0 aromatic heterocycles.